The summed E-state index contributed by atoms with van der Waals surface area (Å²) in [6, 6.07) is 10.9. The topological polar surface area (TPSA) is 67.2 Å². The van der Waals surface area contributed by atoms with E-state index in [1.54, 1.807) is 25.2 Å². The Morgan fingerprint density at radius 2 is 1.90 bits per heavy atom. The van der Waals surface area contributed by atoms with E-state index in [2.05, 4.69) is 26.6 Å². The molecule has 0 atom stereocenters. The van der Waals surface area contributed by atoms with Crippen LogP contribution in [0.25, 0.3) is 0 Å². The van der Waals surface area contributed by atoms with Crippen LogP contribution in [0.3, 0.4) is 0 Å². The van der Waals surface area contributed by atoms with E-state index in [1.807, 2.05) is 25.1 Å². The van der Waals surface area contributed by atoms with Gasteiger partial charge in [-0.05, 0) is 36.8 Å². The fraction of sp³-hybridized carbons (Fsp3) is 0.143. The van der Waals surface area contributed by atoms with Crippen LogP contribution in [0.4, 0.5) is 22.7 Å². The monoisotopic (exact) mass is 335 g/mol. The first-order valence-electron chi connectivity index (χ1n) is 6.01. The van der Waals surface area contributed by atoms with E-state index in [4.69, 9.17) is 0 Å². The molecule has 0 aliphatic heterocycles. The van der Waals surface area contributed by atoms with Gasteiger partial charge in [-0.1, -0.05) is 28.1 Å². The predicted molar refractivity (Wildman–Crippen MR) is 84.8 cm³/mol. The van der Waals surface area contributed by atoms with Crippen molar-refractivity contribution in [1.82, 2.24) is 0 Å². The zero-order chi connectivity index (χ0) is 14.7. The van der Waals surface area contributed by atoms with E-state index in [0.29, 0.717) is 11.4 Å². The molecule has 2 rings (SSSR count). The molecule has 0 aliphatic rings. The number of hydrogen-bond acceptors (Lipinski definition) is 4. The lowest BCUT2D eigenvalue weighted by atomic mass is 10.2. The van der Waals surface area contributed by atoms with Crippen LogP contribution in [0, 0.1) is 17.0 Å². The number of halogens is 1. The van der Waals surface area contributed by atoms with Crippen molar-refractivity contribution in [2.75, 3.05) is 17.7 Å². The minimum Gasteiger partial charge on any atom is -0.382 e. The second kappa shape index (κ2) is 5.92. The van der Waals surface area contributed by atoms with Gasteiger partial charge in [0.25, 0.3) is 0 Å². The molecule has 0 spiro atoms. The predicted octanol–water partition coefficient (Wildman–Crippen LogP) is 4.45. The molecule has 104 valence electrons. The van der Waals surface area contributed by atoms with Crippen molar-refractivity contribution in [2.45, 2.75) is 6.92 Å². The molecule has 2 aromatic carbocycles. The van der Waals surface area contributed by atoms with Crippen LogP contribution in [-0.2, 0) is 0 Å². The van der Waals surface area contributed by atoms with Crippen molar-refractivity contribution in [3.8, 4) is 0 Å². The molecule has 0 saturated carbocycles. The molecule has 0 amide bonds. The van der Waals surface area contributed by atoms with Gasteiger partial charge >= 0.3 is 5.69 Å². The van der Waals surface area contributed by atoms with E-state index in [-0.39, 0.29) is 5.69 Å². The Hall–Kier alpha value is -2.08. The lowest BCUT2D eigenvalue weighted by Gasteiger charge is -2.11. The third-order valence-corrected chi connectivity index (χ3v) is 3.79. The number of nitro benzene ring substituents is 1. The zero-order valence-corrected chi connectivity index (χ0v) is 12.7. The molecule has 0 aromatic heterocycles. The quantitative estimate of drug-likeness (QED) is 0.639. The van der Waals surface area contributed by atoms with Gasteiger partial charge in [0.15, 0.2) is 0 Å². The number of para-hydroxylation sites is 1. The molecule has 5 nitrogen and oxygen atoms in total. The Morgan fingerprint density at radius 1 is 1.20 bits per heavy atom. The number of aryl methyl sites for hydroxylation is 1. The number of anilines is 3. The minimum atomic E-state index is -0.391. The van der Waals surface area contributed by atoms with Gasteiger partial charge in [-0.2, -0.15) is 0 Å². The standard InChI is InChI=1S/C14H14BrN3O2/c1-9-6-7-10(8-11(9)15)17-13-5-3-4-12(16-2)14(13)18(19)20/h3-8,16-17H,1-2H3. The maximum Gasteiger partial charge on any atom is 0.315 e. The van der Waals surface area contributed by atoms with Gasteiger partial charge in [0.2, 0.25) is 0 Å². The lowest BCUT2D eigenvalue weighted by molar-refractivity contribution is -0.383. The first-order chi connectivity index (χ1) is 9.52. The van der Waals surface area contributed by atoms with Gasteiger partial charge in [-0.25, -0.2) is 0 Å². The lowest BCUT2D eigenvalue weighted by Crippen LogP contribution is -2.01. The summed E-state index contributed by atoms with van der Waals surface area (Å²) < 4.78 is 0.954. The normalized spacial score (nSPS) is 10.2. The van der Waals surface area contributed by atoms with Crippen molar-refractivity contribution in [3.05, 3.63) is 56.5 Å². The smallest absolute Gasteiger partial charge is 0.315 e. The van der Waals surface area contributed by atoms with Crippen molar-refractivity contribution in [3.63, 3.8) is 0 Å². The average Bonchev–Trinajstić information content (AvgIpc) is 2.42. The summed E-state index contributed by atoms with van der Waals surface area (Å²) in [5.74, 6) is 0. The molecule has 0 bridgehead atoms. The van der Waals surface area contributed by atoms with Crippen molar-refractivity contribution < 1.29 is 4.92 Å². The van der Waals surface area contributed by atoms with Gasteiger partial charge in [-0.3, -0.25) is 10.1 Å². The molecule has 2 N–H and O–H groups in total. The highest BCUT2D eigenvalue weighted by atomic mass is 79.9. The summed E-state index contributed by atoms with van der Waals surface area (Å²) in [4.78, 5) is 10.8. The van der Waals surface area contributed by atoms with Crippen LogP contribution in [0.2, 0.25) is 0 Å². The number of benzene rings is 2. The highest BCUT2D eigenvalue weighted by Crippen LogP contribution is 2.35. The largest absolute Gasteiger partial charge is 0.382 e. The van der Waals surface area contributed by atoms with Gasteiger partial charge in [0.05, 0.1) is 4.92 Å². The molecule has 0 radical (unpaired) electrons. The van der Waals surface area contributed by atoms with Crippen LogP contribution >= 0.6 is 15.9 Å². The maximum absolute atomic E-state index is 11.2. The third kappa shape index (κ3) is 2.91. The van der Waals surface area contributed by atoms with Crippen molar-refractivity contribution >= 4 is 38.7 Å². The van der Waals surface area contributed by atoms with Gasteiger partial charge < -0.3 is 10.6 Å². The van der Waals surface area contributed by atoms with Crippen LogP contribution < -0.4 is 10.6 Å². The summed E-state index contributed by atoms with van der Waals surface area (Å²) in [6.45, 7) is 1.98. The van der Waals surface area contributed by atoms with Crippen LogP contribution in [-0.4, -0.2) is 12.0 Å². The van der Waals surface area contributed by atoms with Crippen LogP contribution in [0.15, 0.2) is 40.9 Å². The molecular weight excluding hydrogens is 322 g/mol. The molecule has 0 aliphatic carbocycles. The third-order valence-electron chi connectivity index (χ3n) is 2.94. The van der Waals surface area contributed by atoms with E-state index >= 15 is 0 Å². The highest BCUT2D eigenvalue weighted by molar-refractivity contribution is 9.10. The summed E-state index contributed by atoms with van der Waals surface area (Å²) in [6.07, 6.45) is 0. The summed E-state index contributed by atoms with van der Waals surface area (Å²) in [5, 5.41) is 17.1. The highest BCUT2D eigenvalue weighted by Gasteiger charge is 2.18. The molecule has 20 heavy (non-hydrogen) atoms. The Morgan fingerprint density at radius 3 is 2.50 bits per heavy atom. The Labute approximate surface area is 125 Å². The fourth-order valence-electron chi connectivity index (χ4n) is 1.87. The Bertz CT molecular complexity index is 659. The molecule has 0 fully saturated rings. The van der Waals surface area contributed by atoms with E-state index in [1.165, 1.54) is 0 Å². The average molecular weight is 336 g/mol. The molecule has 0 unspecified atom stereocenters. The first kappa shape index (κ1) is 14.3. The Balaban J connectivity index is 2.42. The maximum atomic E-state index is 11.2. The summed E-state index contributed by atoms with van der Waals surface area (Å²) in [7, 11) is 1.66. The molecular formula is C14H14BrN3O2. The summed E-state index contributed by atoms with van der Waals surface area (Å²) in [5.41, 5.74) is 2.86. The van der Waals surface area contributed by atoms with E-state index < -0.39 is 4.92 Å². The second-order valence-corrected chi connectivity index (χ2v) is 5.15. The molecule has 0 heterocycles. The van der Waals surface area contributed by atoms with Gasteiger partial charge in [0.1, 0.15) is 11.4 Å². The number of rotatable bonds is 4. The molecule has 2 aromatic rings. The second-order valence-electron chi connectivity index (χ2n) is 4.30. The van der Waals surface area contributed by atoms with E-state index in [9.17, 15) is 10.1 Å². The number of nitro groups is 1. The van der Waals surface area contributed by atoms with Crippen LogP contribution in [0.1, 0.15) is 5.56 Å². The van der Waals surface area contributed by atoms with E-state index in [0.717, 1.165) is 15.7 Å². The minimum absolute atomic E-state index is 0.0340. The number of hydrogen-bond donors (Lipinski definition) is 2. The summed E-state index contributed by atoms with van der Waals surface area (Å²) >= 11 is 3.45. The molecule has 0 saturated heterocycles. The SMILES string of the molecule is CNc1cccc(Nc2ccc(C)c(Br)c2)c1[N+](=O)[O-]. The first-order valence-corrected chi connectivity index (χ1v) is 6.80. The number of nitrogens with zero attached hydrogens (tertiary/aromatic N) is 1. The van der Waals surface area contributed by atoms with Crippen molar-refractivity contribution in [1.29, 1.82) is 0 Å². The van der Waals surface area contributed by atoms with Gasteiger partial charge in [0, 0.05) is 17.2 Å². The zero-order valence-electron chi connectivity index (χ0n) is 11.1. The van der Waals surface area contributed by atoms with Gasteiger partial charge in [-0.15, -0.1) is 0 Å². The Kier molecular flexibility index (Phi) is 4.24. The van der Waals surface area contributed by atoms with Crippen LogP contribution in [0.5, 0.6) is 0 Å². The molecule has 6 heteroatoms. The van der Waals surface area contributed by atoms with Crippen molar-refractivity contribution in [2.24, 2.45) is 0 Å². The number of nitrogens with one attached hydrogen (secondary N) is 2. The fourth-order valence-corrected chi connectivity index (χ4v) is 2.25.